The molecule has 0 bridgehead atoms. The second-order valence-corrected chi connectivity index (χ2v) is 5.32. The van der Waals surface area contributed by atoms with E-state index in [-0.39, 0.29) is 0 Å². The van der Waals surface area contributed by atoms with E-state index < -0.39 is 0 Å². The van der Waals surface area contributed by atoms with E-state index in [1.807, 2.05) is 30.3 Å². The van der Waals surface area contributed by atoms with Gasteiger partial charge in [-0.25, -0.2) is 0 Å². The third-order valence-electron chi connectivity index (χ3n) is 3.87. The maximum Gasteiger partial charge on any atom is 0.127 e. The minimum atomic E-state index is 0.446. The highest BCUT2D eigenvalue weighted by molar-refractivity contribution is 5.96. The molecule has 0 amide bonds. The number of anilines is 1. The normalized spacial score (nSPS) is 18.5. The van der Waals surface area contributed by atoms with Crippen molar-refractivity contribution in [2.24, 2.45) is 0 Å². The van der Waals surface area contributed by atoms with E-state index in [2.05, 4.69) is 6.07 Å². The van der Waals surface area contributed by atoms with Crippen molar-refractivity contribution in [2.45, 2.75) is 31.8 Å². The lowest BCUT2D eigenvalue weighted by Gasteiger charge is -2.12. The van der Waals surface area contributed by atoms with E-state index in [1.165, 1.54) is 12.8 Å². The summed E-state index contributed by atoms with van der Waals surface area (Å²) >= 11 is 0. The van der Waals surface area contributed by atoms with Crippen LogP contribution in [-0.4, -0.2) is 19.3 Å². The number of hydrogen-bond donors (Lipinski definition) is 1. The van der Waals surface area contributed by atoms with Crippen LogP contribution in [0.4, 0.5) is 5.69 Å². The number of ether oxygens (including phenoxy) is 2. The Morgan fingerprint density at radius 1 is 1.15 bits per heavy atom. The van der Waals surface area contributed by atoms with Gasteiger partial charge in [0.25, 0.3) is 0 Å². The number of nitrogen functional groups attached to an aromatic ring is 1. The van der Waals surface area contributed by atoms with E-state index in [9.17, 15) is 0 Å². The number of hydrogen-bond acceptors (Lipinski definition) is 3. The Hall–Kier alpha value is -1.74. The lowest BCUT2D eigenvalue weighted by molar-refractivity contribution is 0.0982. The van der Waals surface area contributed by atoms with E-state index in [0.717, 1.165) is 48.3 Å². The average Bonchev–Trinajstić information content (AvgIpc) is 2.99. The SMILES string of the molecule is Nc1ccc(OCCCC2CCCO2)c2ccccc12. The summed E-state index contributed by atoms with van der Waals surface area (Å²) < 4.78 is 11.5. The number of fused-ring (bicyclic) bond motifs is 1. The smallest absolute Gasteiger partial charge is 0.127 e. The topological polar surface area (TPSA) is 44.5 Å². The Morgan fingerprint density at radius 2 is 2.00 bits per heavy atom. The molecular formula is C17H21NO2. The molecule has 3 rings (SSSR count). The van der Waals surface area contributed by atoms with Gasteiger partial charge in [0.1, 0.15) is 5.75 Å². The quantitative estimate of drug-likeness (QED) is 0.665. The molecule has 1 aliphatic heterocycles. The summed E-state index contributed by atoms with van der Waals surface area (Å²) in [5.74, 6) is 0.919. The van der Waals surface area contributed by atoms with Crippen molar-refractivity contribution >= 4 is 16.5 Å². The fraction of sp³-hybridized carbons (Fsp3) is 0.412. The maximum atomic E-state index is 5.99. The summed E-state index contributed by atoms with van der Waals surface area (Å²) in [4.78, 5) is 0. The Bertz CT molecular complexity index is 576. The van der Waals surface area contributed by atoms with Gasteiger partial charge in [-0.1, -0.05) is 24.3 Å². The maximum absolute atomic E-state index is 5.99. The van der Waals surface area contributed by atoms with Gasteiger partial charge >= 0.3 is 0 Å². The van der Waals surface area contributed by atoms with E-state index in [0.29, 0.717) is 6.10 Å². The highest BCUT2D eigenvalue weighted by Gasteiger charge is 2.14. The van der Waals surface area contributed by atoms with Crippen LogP contribution in [0.15, 0.2) is 36.4 Å². The molecule has 0 spiro atoms. The Labute approximate surface area is 119 Å². The van der Waals surface area contributed by atoms with Gasteiger partial charge in [0.2, 0.25) is 0 Å². The molecule has 2 N–H and O–H groups in total. The lowest BCUT2D eigenvalue weighted by Crippen LogP contribution is -2.07. The van der Waals surface area contributed by atoms with Crippen LogP contribution in [0, 0.1) is 0 Å². The van der Waals surface area contributed by atoms with E-state index >= 15 is 0 Å². The second-order valence-electron chi connectivity index (χ2n) is 5.32. The van der Waals surface area contributed by atoms with Gasteiger partial charge < -0.3 is 15.2 Å². The third-order valence-corrected chi connectivity index (χ3v) is 3.87. The van der Waals surface area contributed by atoms with Crippen LogP contribution in [0.1, 0.15) is 25.7 Å². The molecule has 3 heteroatoms. The van der Waals surface area contributed by atoms with Crippen LogP contribution in [0.25, 0.3) is 10.8 Å². The van der Waals surface area contributed by atoms with Crippen molar-refractivity contribution in [3.05, 3.63) is 36.4 Å². The molecule has 0 aliphatic carbocycles. The summed E-state index contributed by atoms with van der Waals surface area (Å²) in [5, 5.41) is 2.15. The predicted molar refractivity (Wildman–Crippen MR) is 82.1 cm³/mol. The third kappa shape index (κ3) is 2.88. The summed E-state index contributed by atoms with van der Waals surface area (Å²) in [6.45, 7) is 1.65. The fourth-order valence-electron chi connectivity index (χ4n) is 2.79. The van der Waals surface area contributed by atoms with Crippen LogP contribution in [0.5, 0.6) is 5.75 Å². The van der Waals surface area contributed by atoms with E-state index in [1.54, 1.807) is 0 Å². The zero-order chi connectivity index (χ0) is 13.8. The molecule has 1 aliphatic rings. The van der Waals surface area contributed by atoms with Gasteiger partial charge in [-0.05, 0) is 37.8 Å². The van der Waals surface area contributed by atoms with Crippen molar-refractivity contribution in [2.75, 3.05) is 18.9 Å². The van der Waals surface area contributed by atoms with Crippen LogP contribution in [0.3, 0.4) is 0 Å². The molecular weight excluding hydrogens is 250 g/mol. The number of benzene rings is 2. The van der Waals surface area contributed by atoms with Crippen molar-refractivity contribution in [3.8, 4) is 5.75 Å². The van der Waals surface area contributed by atoms with Crippen molar-refractivity contribution in [1.82, 2.24) is 0 Å². The lowest BCUT2D eigenvalue weighted by atomic mass is 10.1. The van der Waals surface area contributed by atoms with Gasteiger partial charge in [0, 0.05) is 23.1 Å². The first-order chi connectivity index (χ1) is 9.84. The summed E-state index contributed by atoms with van der Waals surface area (Å²) in [6.07, 6.45) is 4.97. The molecule has 0 aromatic heterocycles. The van der Waals surface area contributed by atoms with Gasteiger partial charge in [0.05, 0.1) is 12.7 Å². The summed E-state index contributed by atoms with van der Waals surface area (Å²) in [7, 11) is 0. The van der Waals surface area contributed by atoms with Gasteiger partial charge in [-0.2, -0.15) is 0 Å². The zero-order valence-electron chi connectivity index (χ0n) is 11.7. The zero-order valence-corrected chi connectivity index (χ0v) is 11.7. The summed E-state index contributed by atoms with van der Waals surface area (Å²) in [6, 6.07) is 12.0. The van der Waals surface area contributed by atoms with Gasteiger partial charge in [0.15, 0.2) is 0 Å². The number of rotatable bonds is 5. The first kappa shape index (κ1) is 13.3. The molecule has 3 nitrogen and oxygen atoms in total. The highest BCUT2D eigenvalue weighted by Crippen LogP contribution is 2.30. The average molecular weight is 271 g/mol. The molecule has 2 aromatic carbocycles. The minimum Gasteiger partial charge on any atom is -0.493 e. The molecule has 20 heavy (non-hydrogen) atoms. The Morgan fingerprint density at radius 3 is 2.80 bits per heavy atom. The van der Waals surface area contributed by atoms with Crippen LogP contribution >= 0.6 is 0 Å². The highest BCUT2D eigenvalue weighted by atomic mass is 16.5. The minimum absolute atomic E-state index is 0.446. The van der Waals surface area contributed by atoms with Crippen LogP contribution < -0.4 is 10.5 Å². The molecule has 1 atom stereocenters. The molecule has 2 aromatic rings. The van der Waals surface area contributed by atoms with Crippen LogP contribution in [-0.2, 0) is 4.74 Å². The Kier molecular flexibility index (Phi) is 4.07. The monoisotopic (exact) mass is 271 g/mol. The number of nitrogens with two attached hydrogens (primary N) is 1. The second kappa shape index (κ2) is 6.14. The molecule has 1 heterocycles. The molecule has 1 unspecified atom stereocenters. The molecule has 1 saturated heterocycles. The molecule has 0 radical (unpaired) electrons. The standard InChI is InChI=1S/C17H21NO2/c18-16-9-10-17(15-8-2-1-7-14(15)16)20-12-4-6-13-5-3-11-19-13/h1-2,7-10,13H,3-6,11-12,18H2. The van der Waals surface area contributed by atoms with Crippen LogP contribution in [0.2, 0.25) is 0 Å². The first-order valence-corrected chi connectivity index (χ1v) is 7.36. The molecule has 0 saturated carbocycles. The first-order valence-electron chi connectivity index (χ1n) is 7.36. The van der Waals surface area contributed by atoms with Crippen molar-refractivity contribution in [1.29, 1.82) is 0 Å². The van der Waals surface area contributed by atoms with E-state index in [4.69, 9.17) is 15.2 Å². The van der Waals surface area contributed by atoms with Gasteiger partial charge in [-0.3, -0.25) is 0 Å². The molecule has 1 fully saturated rings. The van der Waals surface area contributed by atoms with Crippen molar-refractivity contribution in [3.63, 3.8) is 0 Å². The van der Waals surface area contributed by atoms with Crippen molar-refractivity contribution < 1.29 is 9.47 Å². The largest absolute Gasteiger partial charge is 0.493 e. The fourth-order valence-corrected chi connectivity index (χ4v) is 2.79. The van der Waals surface area contributed by atoms with Gasteiger partial charge in [-0.15, -0.1) is 0 Å². The summed E-state index contributed by atoms with van der Waals surface area (Å²) in [5.41, 5.74) is 6.79. The Balaban J connectivity index is 1.61. The molecule has 106 valence electrons. The predicted octanol–water partition coefficient (Wildman–Crippen LogP) is 3.76.